The second kappa shape index (κ2) is 12.2. The quantitative estimate of drug-likeness (QED) is 0.316. The standard InChI is InChI=1S/C21H32N6OS.HI/c1-5-22-20(23-13-17-15-29-21(25-17)26(2)3)24-16-9-8-12-27(14-16)18-10-6-7-11-19(18)28-4;/h6-7,10-11,15-16H,5,8-9,12-14H2,1-4H3,(H2,22,23,24);1H. The fourth-order valence-electron chi connectivity index (χ4n) is 3.45. The summed E-state index contributed by atoms with van der Waals surface area (Å²) in [6.07, 6.45) is 2.25. The Morgan fingerprint density at radius 2 is 2.17 bits per heavy atom. The number of piperidine rings is 1. The van der Waals surface area contributed by atoms with E-state index in [4.69, 9.17) is 9.73 Å². The number of aliphatic imine (C=N–C) groups is 1. The number of thiazole rings is 1. The number of ether oxygens (including phenoxy) is 1. The van der Waals surface area contributed by atoms with Gasteiger partial charge in [-0.2, -0.15) is 0 Å². The van der Waals surface area contributed by atoms with Crippen molar-refractivity contribution in [2.24, 2.45) is 4.99 Å². The second-order valence-electron chi connectivity index (χ2n) is 7.31. The fourth-order valence-corrected chi connectivity index (χ4v) is 4.20. The molecule has 2 N–H and O–H groups in total. The molecule has 2 aromatic rings. The Bertz CT molecular complexity index is 812. The molecule has 30 heavy (non-hydrogen) atoms. The van der Waals surface area contributed by atoms with E-state index >= 15 is 0 Å². The first-order valence-corrected chi connectivity index (χ1v) is 11.0. The van der Waals surface area contributed by atoms with Crippen LogP contribution >= 0.6 is 35.3 Å². The highest BCUT2D eigenvalue weighted by atomic mass is 127. The molecule has 9 heteroatoms. The Hall–Kier alpha value is -1.75. The van der Waals surface area contributed by atoms with E-state index in [9.17, 15) is 0 Å². The number of guanidine groups is 1. The number of methoxy groups -OCH3 is 1. The Labute approximate surface area is 200 Å². The summed E-state index contributed by atoms with van der Waals surface area (Å²) in [5.41, 5.74) is 2.15. The van der Waals surface area contributed by atoms with E-state index in [1.807, 2.05) is 31.1 Å². The smallest absolute Gasteiger partial charge is 0.191 e. The van der Waals surface area contributed by atoms with Crippen LogP contribution < -0.4 is 25.2 Å². The van der Waals surface area contributed by atoms with Crippen molar-refractivity contribution >= 4 is 52.1 Å². The average Bonchev–Trinajstić information content (AvgIpc) is 3.22. The van der Waals surface area contributed by atoms with E-state index in [0.29, 0.717) is 12.6 Å². The van der Waals surface area contributed by atoms with Gasteiger partial charge in [-0.05, 0) is 31.9 Å². The molecule has 1 aliphatic heterocycles. The Kier molecular flexibility index (Phi) is 9.96. The summed E-state index contributed by atoms with van der Waals surface area (Å²) in [6, 6.07) is 8.56. The van der Waals surface area contributed by atoms with Crippen molar-refractivity contribution in [3.63, 3.8) is 0 Å². The first kappa shape index (κ1) is 24.5. The monoisotopic (exact) mass is 544 g/mol. The van der Waals surface area contributed by atoms with Crippen molar-refractivity contribution in [2.45, 2.75) is 32.4 Å². The van der Waals surface area contributed by atoms with Crippen LogP contribution in [0.2, 0.25) is 0 Å². The lowest BCUT2D eigenvalue weighted by Gasteiger charge is -2.36. The minimum atomic E-state index is 0. The zero-order valence-corrected chi connectivity index (χ0v) is 21.4. The first-order valence-electron chi connectivity index (χ1n) is 10.1. The zero-order valence-electron chi connectivity index (χ0n) is 18.2. The van der Waals surface area contributed by atoms with E-state index in [-0.39, 0.29) is 24.0 Å². The predicted octanol–water partition coefficient (Wildman–Crippen LogP) is 3.56. The maximum Gasteiger partial charge on any atom is 0.191 e. The average molecular weight is 545 g/mol. The molecule has 0 spiro atoms. The van der Waals surface area contributed by atoms with Gasteiger partial charge in [-0.15, -0.1) is 35.3 Å². The topological polar surface area (TPSA) is 65.0 Å². The molecule has 1 atom stereocenters. The van der Waals surface area contributed by atoms with E-state index in [1.165, 1.54) is 0 Å². The van der Waals surface area contributed by atoms with Gasteiger partial charge in [-0.1, -0.05) is 12.1 Å². The first-order chi connectivity index (χ1) is 14.1. The highest BCUT2D eigenvalue weighted by Gasteiger charge is 2.22. The Balaban J connectivity index is 0.00000320. The normalized spacial score (nSPS) is 16.6. The third kappa shape index (κ3) is 6.63. The molecule has 1 aliphatic rings. The number of aromatic nitrogens is 1. The van der Waals surface area contributed by atoms with Crippen molar-refractivity contribution in [3.8, 4) is 5.75 Å². The van der Waals surface area contributed by atoms with Crippen LogP contribution in [0, 0.1) is 0 Å². The lowest BCUT2D eigenvalue weighted by Crippen LogP contribution is -2.51. The number of para-hydroxylation sites is 2. The molecule has 2 heterocycles. The largest absolute Gasteiger partial charge is 0.495 e. The van der Waals surface area contributed by atoms with Crippen molar-refractivity contribution in [3.05, 3.63) is 35.3 Å². The third-order valence-corrected chi connectivity index (χ3v) is 5.91. The predicted molar refractivity (Wildman–Crippen MR) is 138 cm³/mol. The molecular formula is C21H33IN6OS. The minimum Gasteiger partial charge on any atom is -0.495 e. The number of hydrogen-bond acceptors (Lipinski definition) is 6. The maximum absolute atomic E-state index is 5.55. The molecule has 3 rings (SSSR count). The lowest BCUT2D eigenvalue weighted by molar-refractivity contribution is 0.408. The van der Waals surface area contributed by atoms with Gasteiger partial charge in [0.2, 0.25) is 0 Å². The molecular weight excluding hydrogens is 511 g/mol. The molecule has 0 amide bonds. The van der Waals surface area contributed by atoms with Crippen molar-refractivity contribution in [1.82, 2.24) is 15.6 Å². The number of benzene rings is 1. The van der Waals surface area contributed by atoms with Crippen LogP contribution in [0.5, 0.6) is 5.75 Å². The van der Waals surface area contributed by atoms with Gasteiger partial charge < -0.3 is 25.2 Å². The molecule has 0 saturated carbocycles. The summed E-state index contributed by atoms with van der Waals surface area (Å²) in [7, 11) is 5.75. The van der Waals surface area contributed by atoms with Gasteiger partial charge in [0, 0.05) is 45.2 Å². The molecule has 166 valence electrons. The number of rotatable bonds is 7. The van der Waals surface area contributed by atoms with Crippen LogP contribution in [-0.4, -0.2) is 57.8 Å². The van der Waals surface area contributed by atoms with E-state index < -0.39 is 0 Å². The van der Waals surface area contributed by atoms with Crippen LogP contribution in [0.4, 0.5) is 10.8 Å². The van der Waals surface area contributed by atoms with Gasteiger partial charge in [-0.3, -0.25) is 0 Å². The molecule has 7 nitrogen and oxygen atoms in total. The number of anilines is 2. The van der Waals surface area contributed by atoms with Gasteiger partial charge in [0.05, 0.1) is 25.0 Å². The summed E-state index contributed by atoms with van der Waals surface area (Å²) < 4.78 is 5.55. The van der Waals surface area contributed by atoms with E-state index in [0.717, 1.165) is 60.7 Å². The summed E-state index contributed by atoms with van der Waals surface area (Å²) in [5.74, 6) is 1.77. The Morgan fingerprint density at radius 1 is 1.37 bits per heavy atom. The molecule has 1 aromatic heterocycles. The van der Waals surface area contributed by atoms with Crippen LogP contribution in [-0.2, 0) is 6.54 Å². The minimum absolute atomic E-state index is 0. The third-order valence-electron chi connectivity index (χ3n) is 4.85. The van der Waals surface area contributed by atoms with Crippen molar-refractivity contribution in [1.29, 1.82) is 0 Å². The lowest BCUT2D eigenvalue weighted by atomic mass is 10.0. The number of nitrogens with one attached hydrogen (secondary N) is 2. The molecule has 0 radical (unpaired) electrons. The molecule has 0 bridgehead atoms. The number of nitrogens with zero attached hydrogens (tertiary/aromatic N) is 4. The van der Waals surface area contributed by atoms with Gasteiger partial charge in [0.15, 0.2) is 11.1 Å². The van der Waals surface area contributed by atoms with Crippen LogP contribution in [0.1, 0.15) is 25.5 Å². The molecule has 1 aromatic carbocycles. The summed E-state index contributed by atoms with van der Waals surface area (Å²) in [4.78, 5) is 13.8. The maximum atomic E-state index is 5.55. The zero-order chi connectivity index (χ0) is 20.6. The highest BCUT2D eigenvalue weighted by molar-refractivity contribution is 14.0. The number of hydrogen-bond donors (Lipinski definition) is 2. The van der Waals surface area contributed by atoms with Crippen LogP contribution in [0.3, 0.4) is 0 Å². The van der Waals surface area contributed by atoms with E-state index in [2.05, 4.69) is 45.0 Å². The summed E-state index contributed by atoms with van der Waals surface area (Å²) in [6.45, 7) is 5.45. The summed E-state index contributed by atoms with van der Waals surface area (Å²) in [5, 5.41) is 10.1. The van der Waals surface area contributed by atoms with Gasteiger partial charge in [0.25, 0.3) is 0 Å². The Morgan fingerprint density at radius 3 is 2.87 bits per heavy atom. The highest BCUT2D eigenvalue weighted by Crippen LogP contribution is 2.29. The fraction of sp³-hybridized carbons (Fsp3) is 0.524. The molecule has 1 saturated heterocycles. The van der Waals surface area contributed by atoms with Crippen LogP contribution in [0.25, 0.3) is 0 Å². The molecule has 1 fully saturated rings. The van der Waals surface area contributed by atoms with Crippen molar-refractivity contribution in [2.75, 3.05) is 50.6 Å². The molecule has 1 unspecified atom stereocenters. The van der Waals surface area contributed by atoms with E-state index in [1.54, 1.807) is 18.4 Å². The number of halogens is 1. The SMILES string of the molecule is CCNC(=NCc1csc(N(C)C)n1)NC1CCCN(c2ccccc2OC)C1.I. The summed E-state index contributed by atoms with van der Waals surface area (Å²) >= 11 is 1.65. The van der Waals surface area contributed by atoms with Gasteiger partial charge >= 0.3 is 0 Å². The van der Waals surface area contributed by atoms with Gasteiger partial charge in [0.1, 0.15) is 5.75 Å². The van der Waals surface area contributed by atoms with Gasteiger partial charge in [-0.25, -0.2) is 9.98 Å². The van der Waals surface area contributed by atoms with Crippen LogP contribution in [0.15, 0.2) is 34.6 Å². The second-order valence-corrected chi connectivity index (χ2v) is 8.15. The molecule has 0 aliphatic carbocycles. The van der Waals surface area contributed by atoms with Crippen molar-refractivity contribution < 1.29 is 4.74 Å².